The van der Waals surface area contributed by atoms with E-state index in [0.29, 0.717) is 18.8 Å². The maximum absolute atomic E-state index is 13.0. The van der Waals surface area contributed by atoms with Gasteiger partial charge in [-0.15, -0.1) is 0 Å². The quantitative estimate of drug-likeness (QED) is 0.211. The summed E-state index contributed by atoms with van der Waals surface area (Å²) in [7, 11) is -6.31. The Morgan fingerprint density at radius 1 is 1.13 bits per heavy atom. The lowest BCUT2D eigenvalue weighted by molar-refractivity contribution is -0.384. The molecule has 1 atom stereocenters. The van der Waals surface area contributed by atoms with Crippen LogP contribution in [-0.4, -0.2) is 77.6 Å². The maximum atomic E-state index is 13.0. The minimum Gasteiger partial charge on any atom is -0.495 e. The van der Waals surface area contributed by atoms with E-state index in [1.54, 1.807) is 6.92 Å². The van der Waals surface area contributed by atoms with Gasteiger partial charge in [0, 0.05) is 25.2 Å². The smallest absolute Gasteiger partial charge is 0.271 e. The minimum atomic E-state index is -4.06. The van der Waals surface area contributed by atoms with Crippen LogP contribution in [0.2, 0.25) is 0 Å². The number of nitro benzene ring substituents is 1. The van der Waals surface area contributed by atoms with Crippen LogP contribution in [0.1, 0.15) is 26.2 Å². The first-order valence-corrected chi connectivity index (χ1v) is 15.5. The fraction of sp³-hybridized carbons (Fsp3) is 0.458. The fourth-order valence-electron chi connectivity index (χ4n) is 4.25. The molecule has 1 heterocycles. The van der Waals surface area contributed by atoms with Gasteiger partial charge in [-0.25, -0.2) is 16.8 Å². The number of nitrogens with one attached hydrogen (secondary N) is 1. The van der Waals surface area contributed by atoms with E-state index in [9.17, 15) is 31.7 Å². The number of benzene rings is 2. The summed E-state index contributed by atoms with van der Waals surface area (Å²) in [6, 6.07) is 8.26. The monoisotopic (exact) mass is 584 g/mol. The second-order valence-electron chi connectivity index (χ2n) is 8.82. The SMILES string of the molecule is CC[C@H](C(=O)NCCOc1ccc(S(=O)(=O)N2CCCC2)cc1)N(c1cc([N+](=O)[O-])ccc1OC)S(C)(=O)=O. The number of hydrogen-bond donors (Lipinski definition) is 1. The summed E-state index contributed by atoms with van der Waals surface area (Å²) in [5, 5.41) is 13.9. The van der Waals surface area contributed by atoms with Gasteiger partial charge in [0.25, 0.3) is 5.69 Å². The number of amides is 1. The number of rotatable bonds is 13. The van der Waals surface area contributed by atoms with Crippen LogP contribution in [0.4, 0.5) is 11.4 Å². The first-order valence-electron chi connectivity index (χ1n) is 12.2. The second kappa shape index (κ2) is 12.6. The highest BCUT2D eigenvalue weighted by Crippen LogP contribution is 2.35. The van der Waals surface area contributed by atoms with E-state index in [2.05, 4.69) is 5.32 Å². The number of methoxy groups -OCH3 is 1. The number of carbonyl (C=O) groups excluding carboxylic acids is 1. The molecule has 39 heavy (non-hydrogen) atoms. The van der Waals surface area contributed by atoms with Crippen molar-refractivity contribution >= 4 is 37.3 Å². The van der Waals surface area contributed by atoms with E-state index >= 15 is 0 Å². The highest BCUT2D eigenvalue weighted by molar-refractivity contribution is 7.92. The number of anilines is 1. The van der Waals surface area contributed by atoms with E-state index in [0.717, 1.165) is 29.5 Å². The van der Waals surface area contributed by atoms with Crippen LogP contribution in [0.15, 0.2) is 47.4 Å². The van der Waals surface area contributed by atoms with E-state index < -0.39 is 36.9 Å². The van der Waals surface area contributed by atoms with Gasteiger partial charge in [-0.2, -0.15) is 4.31 Å². The van der Waals surface area contributed by atoms with Crippen molar-refractivity contribution in [2.45, 2.75) is 37.1 Å². The molecule has 214 valence electrons. The van der Waals surface area contributed by atoms with Crippen LogP contribution in [-0.2, 0) is 24.8 Å². The molecule has 0 aliphatic carbocycles. The van der Waals surface area contributed by atoms with Crippen molar-refractivity contribution in [1.82, 2.24) is 9.62 Å². The third-order valence-electron chi connectivity index (χ3n) is 6.14. The van der Waals surface area contributed by atoms with Crippen LogP contribution in [0.3, 0.4) is 0 Å². The molecule has 2 aromatic rings. The highest BCUT2D eigenvalue weighted by atomic mass is 32.2. The van der Waals surface area contributed by atoms with Gasteiger partial charge in [0.1, 0.15) is 29.8 Å². The minimum absolute atomic E-state index is 0.0207. The Morgan fingerprint density at radius 3 is 2.31 bits per heavy atom. The summed E-state index contributed by atoms with van der Waals surface area (Å²) in [6.45, 7) is 2.67. The molecular weight excluding hydrogens is 552 g/mol. The largest absolute Gasteiger partial charge is 0.495 e. The van der Waals surface area contributed by atoms with E-state index in [1.807, 2.05) is 0 Å². The molecule has 0 radical (unpaired) electrons. The van der Waals surface area contributed by atoms with Crippen molar-refractivity contribution in [1.29, 1.82) is 0 Å². The average Bonchev–Trinajstić information content (AvgIpc) is 3.45. The number of non-ortho nitro benzene ring substituents is 1. The zero-order chi connectivity index (χ0) is 28.8. The number of carbonyl (C=O) groups is 1. The predicted octanol–water partition coefficient (Wildman–Crippen LogP) is 2.13. The molecule has 1 aliphatic rings. The normalized spacial score (nSPS) is 14.9. The molecule has 3 rings (SSSR count). The number of hydrogen-bond acceptors (Lipinski definition) is 9. The lowest BCUT2D eigenvalue weighted by Crippen LogP contribution is -2.50. The molecule has 1 saturated heterocycles. The predicted molar refractivity (Wildman–Crippen MR) is 144 cm³/mol. The molecule has 1 fully saturated rings. The Bertz CT molecular complexity index is 1390. The molecular formula is C24H32N4O9S2. The van der Waals surface area contributed by atoms with Gasteiger partial charge >= 0.3 is 0 Å². The van der Waals surface area contributed by atoms with Gasteiger partial charge < -0.3 is 14.8 Å². The zero-order valence-electron chi connectivity index (χ0n) is 21.9. The van der Waals surface area contributed by atoms with Crippen LogP contribution >= 0.6 is 0 Å². The number of ether oxygens (including phenoxy) is 2. The lowest BCUT2D eigenvalue weighted by Gasteiger charge is -2.30. The Balaban J connectivity index is 1.67. The summed E-state index contributed by atoms with van der Waals surface area (Å²) in [4.78, 5) is 23.8. The summed E-state index contributed by atoms with van der Waals surface area (Å²) < 4.78 is 63.8. The van der Waals surface area contributed by atoms with Crippen LogP contribution in [0.25, 0.3) is 0 Å². The van der Waals surface area contributed by atoms with Crippen LogP contribution in [0.5, 0.6) is 11.5 Å². The van der Waals surface area contributed by atoms with Crippen LogP contribution < -0.4 is 19.1 Å². The van der Waals surface area contributed by atoms with E-state index in [4.69, 9.17) is 9.47 Å². The maximum Gasteiger partial charge on any atom is 0.271 e. The van der Waals surface area contributed by atoms with Crippen molar-refractivity contribution < 1.29 is 36.0 Å². The van der Waals surface area contributed by atoms with Crippen LogP contribution in [0, 0.1) is 10.1 Å². The van der Waals surface area contributed by atoms with Gasteiger partial charge in [0.2, 0.25) is 26.0 Å². The second-order valence-corrected chi connectivity index (χ2v) is 12.6. The van der Waals surface area contributed by atoms with Gasteiger partial charge in [-0.3, -0.25) is 19.2 Å². The topological polar surface area (TPSA) is 165 Å². The first kappa shape index (κ1) is 30.1. The number of sulfonamides is 2. The molecule has 1 amide bonds. The van der Waals surface area contributed by atoms with Crippen molar-refractivity contribution in [3.63, 3.8) is 0 Å². The van der Waals surface area contributed by atoms with Crippen molar-refractivity contribution in [2.75, 3.05) is 43.9 Å². The Kier molecular flexibility index (Phi) is 9.74. The number of nitro groups is 1. The van der Waals surface area contributed by atoms with Gasteiger partial charge in [-0.05, 0) is 49.6 Å². The number of nitrogens with zero attached hydrogens (tertiary/aromatic N) is 3. The molecule has 2 aromatic carbocycles. The van der Waals surface area contributed by atoms with E-state index in [-0.39, 0.29) is 41.6 Å². The van der Waals surface area contributed by atoms with Crippen molar-refractivity contribution in [2.24, 2.45) is 0 Å². The van der Waals surface area contributed by atoms with E-state index in [1.165, 1.54) is 47.8 Å². The molecule has 0 aromatic heterocycles. The van der Waals surface area contributed by atoms with Crippen molar-refractivity contribution in [3.8, 4) is 11.5 Å². The lowest BCUT2D eigenvalue weighted by atomic mass is 10.1. The Hall–Kier alpha value is -3.43. The molecule has 0 unspecified atom stereocenters. The zero-order valence-corrected chi connectivity index (χ0v) is 23.5. The molecule has 1 aliphatic heterocycles. The van der Waals surface area contributed by atoms with Crippen molar-refractivity contribution in [3.05, 3.63) is 52.6 Å². The standard InChI is InChI=1S/C24H32N4O9S2/c1-4-21(27(38(3,32)33)22-17-18(28(30)31)7-12-23(22)36-2)24(29)25-13-16-37-19-8-10-20(11-9-19)39(34,35)26-14-5-6-15-26/h7-12,17,21H,4-6,13-16H2,1-3H3,(H,25,29)/t21-/m1/s1. The molecule has 0 spiro atoms. The Morgan fingerprint density at radius 2 is 1.77 bits per heavy atom. The fourth-order valence-corrected chi connectivity index (χ4v) is 6.97. The van der Waals surface area contributed by atoms with Gasteiger partial charge in [0.15, 0.2) is 0 Å². The third-order valence-corrected chi connectivity index (χ3v) is 9.22. The Labute approximate surface area is 227 Å². The summed E-state index contributed by atoms with van der Waals surface area (Å²) in [5.41, 5.74) is -0.487. The van der Waals surface area contributed by atoms with Gasteiger partial charge in [0.05, 0.1) is 29.7 Å². The molecule has 15 heteroatoms. The summed E-state index contributed by atoms with van der Waals surface area (Å²) in [6.07, 6.45) is 2.65. The summed E-state index contributed by atoms with van der Waals surface area (Å²) in [5.74, 6) is -0.182. The molecule has 0 bridgehead atoms. The van der Waals surface area contributed by atoms with Gasteiger partial charge in [-0.1, -0.05) is 6.92 Å². The highest BCUT2D eigenvalue weighted by Gasteiger charge is 2.34. The molecule has 1 N–H and O–H groups in total. The average molecular weight is 585 g/mol. The molecule has 0 saturated carbocycles. The molecule has 13 nitrogen and oxygen atoms in total. The first-order chi connectivity index (χ1) is 18.4. The third kappa shape index (κ3) is 7.16. The summed E-state index contributed by atoms with van der Waals surface area (Å²) >= 11 is 0.